The molecule has 0 atom stereocenters. The summed E-state index contributed by atoms with van der Waals surface area (Å²) in [7, 11) is 0. The summed E-state index contributed by atoms with van der Waals surface area (Å²) in [5, 5.41) is 34.5. The summed E-state index contributed by atoms with van der Waals surface area (Å²) in [6.07, 6.45) is 1.06. The van der Waals surface area contributed by atoms with Crippen LogP contribution in [0.2, 0.25) is 0 Å². The molecule has 0 aliphatic rings. The Morgan fingerprint density at radius 2 is 0.711 bits per heavy atom. The van der Waals surface area contributed by atoms with Crippen LogP contribution in [0.4, 0.5) is 0 Å². The molecule has 0 amide bonds. The third-order valence-corrected chi connectivity index (χ3v) is 8.74. The first-order valence-electron chi connectivity index (χ1n) is 16.2. The number of hydrogen-bond donors (Lipinski definition) is 3. The lowest BCUT2D eigenvalue weighted by atomic mass is 9.77. The van der Waals surface area contributed by atoms with Crippen LogP contribution in [-0.2, 0) is 34.5 Å². The van der Waals surface area contributed by atoms with Crippen molar-refractivity contribution in [2.45, 2.75) is 118 Å². The highest BCUT2D eigenvalue weighted by Crippen LogP contribution is 2.43. The van der Waals surface area contributed by atoms with Crippen LogP contribution in [0.25, 0.3) is 11.1 Å². The zero-order valence-electron chi connectivity index (χ0n) is 29.6. The Balaban J connectivity index is 1.92. The minimum Gasteiger partial charge on any atom is -0.507 e. The zero-order chi connectivity index (χ0) is 33.7. The molecule has 3 heteroatoms. The van der Waals surface area contributed by atoms with Gasteiger partial charge in [0.1, 0.15) is 17.2 Å². The number of benzene rings is 4. The SMILES string of the molecule is CC(C)(C)c1cc(Cc2cc(-c3ccccc3)cc(Cc3cc(C(C)(C)C)c(O)c(C(C)(C)C)c3)c2O)cc(C(C)(C)C)c1O. The Kier molecular flexibility index (Phi) is 9.03. The van der Waals surface area contributed by atoms with Crippen LogP contribution in [0.3, 0.4) is 0 Å². The molecule has 4 aromatic rings. The molecule has 0 aliphatic carbocycles. The molecule has 0 aliphatic heterocycles. The van der Waals surface area contributed by atoms with Crippen molar-refractivity contribution >= 4 is 0 Å². The fourth-order valence-electron chi connectivity index (χ4n) is 6.15. The van der Waals surface area contributed by atoms with E-state index in [0.717, 1.165) is 55.6 Å². The lowest BCUT2D eigenvalue weighted by Gasteiger charge is -2.28. The van der Waals surface area contributed by atoms with Gasteiger partial charge in [0.25, 0.3) is 0 Å². The van der Waals surface area contributed by atoms with E-state index >= 15 is 0 Å². The van der Waals surface area contributed by atoms with E-state index in [0.29, 0.717) is 30.1 Å². The molecule has 0 spiro atoms. The van der Waals surface area contributed by atoms with Gasteiger partial charge in [-0.2, -0.15) is 0 Å². The quantitative estimate of drug-likeness (QED) is 0.212. The normalized spacial score (nSPS) is 12.9. The molecule has 4 rings (SSSR count). The van der Waals surface area contributed by atoms with Crippen LogP contribution in [0.15, 0.2) is 66.7 Å². The number of rotatable bonds is 5. The summed E-state index contributed by atoms with van der Waals surface area (Å²) in [5.41, 5.74) is 8.65. The van der Waals surface area contributed by atoms with Crippen molar-refractivity contribution in [3.8, 4) is 28.4 Å². The minimum absolute atomic E-state index is 0.242. The second-order valence-corrected chi connectivity index (χ2v) is 16.9. The van der Waals surface area contributed by atoms with Gasteiger partial charge in [-0.05, 0) is 89.4 Å². The Labute approximate surface area is 272 Å². The smallest absolute Gasteiger partial charge is 0.123 e. The Morgan fingerprint density at radius 3 is 1.00 bits per heavy atom. The summed E-state index contributed by atoms with van der Waals surface area (Å²) >= 11 is 0. The lowest BCUT2D eigenvalue weighted by molar-refractivity contribution is 0.422. The van der Waals surface area contributed by atoms with Gasteiger partial charge >= 0.3 is 0 Å². The summed E-state index contributed by atoms with van der Waals surface area (Å²) in [5.74, 6) is 1.01. The van der Waals surface area contributed by atoms with Gasteiger partial charge in [-0.1, -0.05) is 138 Å². The van der Waals surface area contributed by atoms with Crippen LogP contribution in [0.1, 0.15) is 128 Å². The molecule has 0 fully saturated rings. The van der Waals surface area contributed by atoms with Crippen LogP contribution >= 0.6 is 0 Å². The van der Waals surface area contributed by atoms with Crippen molar-refractivity contribution in [3.63, 3.8) is 0 Å². The molecule has 0 saturated heterocycles. The molecule has 0 heterocycles. The van der Waals surface area contributed by atoms with E-state index in [1.54, 1.807) is 0 Å². The maximum atomic E-state index is 11.9. The fraction of sp³-hybridized carbons (Fsp3) is 0.429. The highest BCUT2D eigenvalue weighted by Gasteiger charge is 2.28. The highest BCUT2D eigenvalue weighted by atomic mass is 16.3. The molecule has 240 valence electrons. The number of hydrogen-bond acceptors (Lipinski definition) is 3. The van der Waals surface area contributed by atoms with Gasteiger partial charge in [0.15, 0.2) is 0 Å². The zero-order valence-corrected chi connectivity index (χ0v) is 29.6. The largest absolute Gasteiger partial charge is 0.507 e. The number of phenolic OH excluding ortho intramolecular Hbond substituents is 3. The second kappa shape index (κ2) is 11.9. The Bertz CT molecular complexity index is 1510. The summed E-state index contributed by atoms with van der Waals surface area (Å²) in [6.45, 7) is 25.5. The maximum Gasteiger partial charge on any atom is 0.123 e. The Hall–Kier alpha value is -3.72. The molecule has 3 N–H and O–H groups in total. The molecular weight excluding hydrogens is 552 g/mol. The topological polar surface area (TPSA) is 60.7 Å². The standard InChI is InChI=1S/C42H54O3/c1-39(2,3)32-20-26(21-33(37(32)44)40(4,5)6)18-30-24-29(28-16-14-13-15-17-28)25-31(36(30)43)19-27-22-34(41(7,8)9)38(45)35(23-27)42(10,11)12/h13-17,20-25,43-45H,18-19H2,1-12H3. The van der Waals surface area contributed by atoms with Crippen molar-refractivity contribution in [1.82, 2.24) is 0 Å². The van der Waals surface area contributed by atoms with Gasteiger partial charge in [-0.25, -0.2) is 0 Å². The molecule has 0 bridgehead atoms. The molecule has 0 radical (unpaired) electrons. The van der Waals surface area contributed by atoms with E-state index in [1.165, 1.54) is 0 Å². The lowest BCUT2D eigenvalue weighted by Crippen LogP contribution is -2.18. The van der Waals surface area contributed by atoms with Crippen LogP contribution in [0.5, 0.6) is 17.2 Å². The third-order valence-electron chi connectivity index (χ3n) is 8.74. The molecule has 0 aromatic heterocycles. The van der Waals surface area contributed by atoms with E-state index in [1.807, 2.05) is 18.2 Å². The van der Waals surface area contributed by atoms with Gasteiger partial charge in [-0.15, -0.1) is 0 Å². The van der Waals surface area contributed by atoms with Gasteiger partial charge in [0, 0.05) is 12.8 Å². The van der Waals surface area contributed by atoms with E-state index in [-0.39, 0.29) is 21.7 Å². The van der Waals surface area contributed by atoms with Crippen molar-refractivity contribution in [1.29, 1.82) is 0 Å². The summed E-state index contributed by atoms with van der Waals surface area (Å²) < 4.78 is 0. The fourth-order valence-corrected chi connectivity index (χ4v) is 6.15. The monoisotopic (exact) mass is 606 g/mol. The van der Waals surface area contributed by atoms with Crippen LogP contribution < -0.4 is 0 Å². The second-order valence-electron chi connectivity index (χ2n) is 16.9. The van der Waals surface area contributed by atoms with Gasteiger partial charge in [0.2, 0.25) is 0 Å². The summed E-state index contributed by atoms with van der Waals surface area (Å²) in [6, 6.07) is 22.9. The number of aromatic hydroxyl groups is 3. The molecule has 45 heavy (non-hydrogen) atoms. The maximum absolute atomic E-state index is 11.9. The van der Waals surface area contributed by atoms with E-state index < -0.39 is 0 Å². The molecular formula is C42H54O3. The minimum atomic E-state index is -0.242. The predicted octanol–water partition coefficient (Wildman–Crippen LogP) is 10.8. The van der Waals surface area contributed by atoms with Crippen molar-refractivity contribution in [3.05, 3.63) is 111 Å². The first-order valence-corrected chi connectivity index (χ1v) is 16.2. The first-order chi connectivity index (χ1) is 20.6. The molecule has 3 nitrogen and oxygen atoms in total. The highest BCUT2D eigenvalue weighted by molar-refractivity contribution is 5.68. The predicted molar refractivity (Wildman–Crippen MR) is 190 cm³/mol. The molecule has 0 saturated carbocycles. The van der Waals surface area contributed by atoms with Crippen molar-refractivity contribution in [2.75, 3.05) is 0 Å². The first kappa shape index (κ1) is 34.2. The average Bonchev–Trinajstić information content (AvgIpc) is 2.90. The van der Waals surface area contributed by atoms with E-state index in [9.17, 15) is 15.3 Å². The van der Waals surface area contributed by atoms with Crippen LogP contribution in [-0.4, -0.2) is 15.3 Å². The van der Waals surface area contributed by atoms with E-state index in [2.05, 4.69) is 132 Å². The average molecular weight is 607 g/mol. The van der Waals surface area contributed by atoms with E-state index in [4.69, 9.17) is 0 Å². The van der Waals surface area contributed by atoms with Crippen molar-refractivity contribution in [2.24, 2.45) is 0 Å². The van der Waals surface area contributed by atoms with Gasteiger partial charge in [0.05, 0.1) is 0 Å². The Morgan fingerprint density at radius 1 is 0.400 bits per heavy atom. The summed E-state index contributed by atoms with van der Waals surface area (Å²) in [4.78, 5) is 0. The van der Waals surface area contributed by atoms with Crippen molar-refractivity contribution < 1.29 is 15.3 Å². The number of phenols is 3. The molecule has 0 unspecified atom stereocenters. The molecule has 4 aromatic carbocycles. The van der Waals surface area contributed by atoms with Gasteiger partial charge < -0.3 is 15.3 Å². The van der Waals surface area contributed by atoms with Crippen LogP contribution in [0, 0.1) is 0 Å². The van der Waals surface area contributed by atoms with Gasteiger partial charge in [-0.3, -0.25) is 0 Å². The third kappa shape index (κ3) is 7.57.